The molecule has 0 atom stereocenters. The number of benzene rings is 1. The largest absolute Gasteiger partial charge is 0.338 e. The van der Waals surface area contributed by atoms with Crippen LogP contribution in [0, 0.1) is 0 Å². The quantitative estimate of drug-likeness (QED) is 0.756. The molecule has 1 aromatic carbocycles. The summed E-state index contributed by atoms with van der Waals surface area (Å²) in [7, 11) is 0. The fraction of sp³-hybridized carbons (Fsp3) is 0.278. The monoisotopic (exact) mass is 354 g/mol. The van der Waals surface area contributed by atoms with Gasteiger partial charge in [0.2, 0.25) is 17.8 Å². The van der Waals surface area contributed by atoms with E-state index in [1.54, 1.807) is 11.3 Å². The topological polar surface area (TPSA) is 78.1 Å². The summed E-state index contributed by atoms with van der Waals surface area (Å²) in [6.07, 6.45) is 1.28. The van der Waals surface area contributed by atoms with Gasteiger partial charge in [0.05, 0.1) is 11.0 Å². The molecule has 2 amide bonds. The van der Waals surface area contributed by atoms with Crippen LogP contribution in [0.4, 0.5) is 5.95 Å². The second kappa shape index (κ2) is 6.68. The van der Waals surface area contributed by atoms with Crippen LogP contribution in [0.1, 0.15) is 23.3 Å². The van der Waals surface area contributed by atoms with Crippen molar-refractivity contribution in [3.63, 3.8) is 0 Å². The predicted octanol–water partition coefficient (Wildman–Crippen LogP) is 2.93. The van der Waals surface area contributed by atoms with Gasteiger partial charge in [-0.2, -0.15) is 0 Å². The van der Waals surface area contributed by atoms with Crippen LogP contribution in [0.5, 0.6) is 0 Å². The molecule has 1 aliphatic rings. The van der Waals surface area contributed by atoms with Crippen molar-refractivity contribution in [3.8, 4) is 0 Å². The first-order valence-electron chi connectivity index (χ1n) is 8.26. The van der Waals surface area contributed by atoms with Crippen LogP contribution < -0.4 is 5.32 Å². The van der Waals surface area contributed by atoms with Crippen molar-refractivity contribution in [1.82, 2.24) is 14.9 Å². The van der Waals surface area contributed by atoms with Crippen LogP contribution in [0.25, 0.3) is 11.0 Å². The molecule has 7 heteroatoms. The highest BCUT2D eigenvalue weighted by atomic mass is 32.1. The average molecular weight is 354 g/mol. The van der Waals surface area contributed by atoms with Crippen LogP contribution >= 0.6 is 11.3 Å². The SMILES string of the molecule is O=C(CCC(=O)N1CCc2sccc2C1)Nc1nc2ccccc2[nH]1. The molecule has 3 heterocycles. The van der Waals surface area contributed by atoms with E-state index in [1.165, 1.54) is 10.4 Å². The summed E-state index contributed by atoms with van der Waals surface area (Å²) in [6, 6.07) is 9.65. The highest BCUT2D eigenvalue weighted by Gasteiger charge is 2.21. The van der Waals surface area contributed by atoms with E-state index >= 15 is 0 Å². The number of para-hydroxylation sites is 2. The summed E-state index contributed by atoms with van der Waals surface area (Å²) < 4.78 is 0. The standard InChI is InChI=1S/C18H18N4O2S/c23-16(21-18-19-13-3-1-2-4-14(13)20-18)5-6-17(24)22-9-7-15-12(11-22)8-10-25-15/h1-4,8,10H,5-7,9,11H2,(H2,19,20,21,23). The fourth-order valence-electron chi connectivity index (χ4n) is 3.05. The fourth-order valence-corrected chi connectivity index (χ4v) is 3.94. The maximum absolute atomic E-state index is 12.4. The van der Waals surface area contributed by atoms with Crippen molar-refractivity contribution in [2.24, 2.45) is 0 Å². The van der Waals surface area contributed by atoms with Crippen molar-refractivity contribution < 1.29 is 9.59 Å². The lowest BCUT2D eigenvalue weighted by Gasteiger charge is -2.27. The van der Waals surface area contributed by atoms with Crippen LogP contribution in [-0.2, 0) is 22.6 Å². The molecule has 3 aromatic rings. The van der Waals surface area contributed by atoms with Gasteiger partial charge in [0.15, 0.2) is 0 Å². The highest BCUT2D eigenvalue weighted by Crippen LogP contribution is 2.24. The number of nitrogens with one attached hydrogen (secondary N) is 2. The number of aromatic amines is 1. The van der Waals surface area contributed by atoms with E-state index in [0.29, 0.717) is 12.5 Å². The maximum Gasteiger partial charge on any atom is 0.227 e. The summed E-state index contributed by atoms with van der Waals surface area (Å²) in [5, 5.41) is 4.80. The summed E-state index contributed by atoms with van der Waals surface area (Å²) >= 11 is 1.75. The molecule has 0 radical (unpaired) electrons. The Labute approximate surface area is 148 Å². The number of rotatable bonds is 4. The molecule has 0 saturated heterocycles. The molecule has 0 bridgehead atoms. The number of imidazole rings is 1. The van der Waals surface area contributed by atoms with Gasteiger partial charge in [0, 0.05) is 30.8 Å². The number of fused-ring (bicyclic) bond motifs is 2. The Hall–Kier alpha value is -2.67. The number of nitrogens with zero attached hydrogens (tertiary/aromatic N) is 2. The number of H-pyrrole nitrogens is 1. The Morgan fingerprint density at radius 2 is 2.12 bits per heavy atom. The molecule has 0 spiro atoms. The van der Waals surface area contributed by atoms with Crippen molar-refractivity contribution >= 4 is 40.1 Å². The molecular weight excluding hydrogens is 336 g/mol. The summed E-state index contributed by atoms with van der Waals surface area (Å²) in [6.45, 7) is 1.39. The second-order valence-electron chi connectivity index (χ2n) is 6.09. The Bertz CT molecular complexity index is 897. The number of anilines is 1. The van der Waals surface area contributed by atoms with Crippen LogP contribution in [0.15, 0.2) is 35.7 Å². The zero-order chi connectivity index (χ0) is 17.2. The zero-order valence-electron chi connectivity index (χ0n) is 13.6. The molecule has 2 N–H and O–H groups in total. The van der Waals surface area contributed by atoms with Crippen LogP contribution in [0.3, 0.4) is 0 Å². The maximum atomic E-state index is 12.4. The minimum atomic E-state index is -0.208. The average Bonchev–Trinajstić information content (AvgIpc) is 3.24. The predicted molar refractivity (Wildman–Crippen MR) is 97.4 cm³/mol. The van der Waals surface area contributed by atoms with E-state index in [9.17, 15) is 9.59 Å². The van der Waals surface area contributed by atoms with Crippen molar-refractivity contribution in [2.75, 3.05) is 11.9 Å². The van der Waals surface area contributed by atoms with E-state index in [4.69, 9.17) is 0 Å². The Balaban J connectivity index is 1.30. The molecule has 0 fully saturated rings. The Kier molecular flexibility index (Phi) is 4.23. The van der Waals surface area contributed by atoms with Gasteiger partial charge in [-0.25, -0.2) is 4.98 Å². The normalized spacial score (nSPS) is 13.7. The van der Waals surface area contributed by atoms with E-state index in [1.807, 2.05) is 29.2 Å². The molecule has 6 nitrogen and oxygen atoms in total. The third-order valence-corrected chi connectivity index (χ3v) is 5.40. The van der Waals surface area contributed by atoms with Crippen molar-refractivity contribution in [2.45, 2.75) is 25.8 Å². The minimum absolute atomic E-state index is 0.0246. The summed E-state index contributed by atoms with van der Waals surface area (Å²) in [5.74, 6) is 0.233. The third kappa shape index (κ3) is 3.41. The molecule has 2 aromatic heterocycles. The van der Waals surface area contributed by atoms with E-state index in [2.05, 4.69) is 26.7 Å². The number of hydrogen-bond donors (Lipinski definition) is 2. The molecular formula is C18H18N4O2S. The lowest BCUT2D eigenvalue weighted by atomic mass is 10.1. The van der Waals surface area contributed by atoms with Crippen LogP contribution in [-0.4, -0.2) is 33.2 Å². The highest BCUT2D eigenvalue weighted by molar-refractivity contribution is 7.10. The number of thiophene rings is 1. The molecule has 128 valence electrons. The summed E-state index contributed by atoms with van der Waals surface area (Å²) in [4.78, 5) is 35.0. The van der Waals surface area contributed by atoms with Gasteiger partial charge >= 0.3 is 0 Å². The molecule has 0 aliphatic carbocycles. The lowest BCUT2D eigenvalue weighted by Crippen LogP contribution is -2.35. The van der Waals surface area contributed by atoms with E-state index in [-0.39, 0.29) is 24.7 Å². The second-order valence-corrected chi connectivity index (χ2v) is 7.09. The first kappa shape index (κ1) is 15.8. The van der Waals surface area contributed by atoms with E-state index < -0.39 is 0 Å². The first-order chi connectivity index (χ1) is 12.2. The lowest BCUT2D eigenvalue weighted by molar-refractivity contribution is -0.133. The number of aromatic nitrogens is 2. The molecule has 0 saturated carbocycles. The first-order valence-corrected chi connectivity index (χ1v) is 9.14. The van der Waals surface area contributed by atoms with Crippen molar-refractivity contribution in [1.29, 1.82) is 0 Å². The zero-order valence-corrected chi connectivity index (χ0v) is 14.4. The Morgan fingerprint density at radius 1 is 1.24 bits per heavy atom. The van der Waals surface area contributed by atoms with Crippen molar-refractivity contribution in [3.05, 3.63) is 46.2 Å². The Morgan fingerprint density at radius 3 is 3.00 bits per heavy atom. The van der Waals surface area contributed by atoms with Gasteiger partial charge < -0.3 is 9.88 Å². The number of carbonyl (C=O) groups excluding carboxylic acids is 2. The number of carbonyl (C=O) groups is 2. The number of hydrogen-bond acceptors (Lipinski definition) is 4. The third-order valence-electron chi connectivity index (χ3n) is 4.37. The van der Waals surface area contributed by atoms with Gasteiger partial charge in [-0.05, 0) is 35.6 Å². The van der Waals surface area contributed by atoms with E-state index in [0.717, 1.165) is 24.0 Å². The minimum Gasteiger partial charge on any atom is -0.338 e. The smallest absolute Gasteiger partial charge is 0.227 e. The van der Waals surface area contributed by atoms with Gasteiger partial charge in [-0.1, -0.05) is 12.1 Å². The molecule has 25 heavy (non-hydrogen) atoms. The molecule has 0 unspecified atom stereocenters. The van der Waals surface area contributed by atoms with Gasteiger partial charge in [0.1, 0.15) is 0 Å². The summed E-state index contributed by atoms with van der Waals surface area (Å²) in [5.41, 5.74) is 2.90. The molecule has 1 aliphatic heterocycles. The van der Waals surface area contributed by atoms with Gasteiger partial charge in [-0.15, -0.1) is 11.3 Å². The van der Waals surface area contributed by atoms with Gasteiger partial charge in [0.25, 0.3) is 0 Å². The van der Waals surface area contributed by atoms with Gasteiger partial charge in [-0.3, -0.25) is 14.9 Å². The molecule has 4 rings (SSSR count). The van der Waals surface area contributed by atoms with Crippen LogP contribution in [0.2, 0.25) is 0 Å². The number of amides is 2.